The fourth-order valence-corrected chi connectivity index (χ4v) is 4.13. The number of aromatic nitrogens is 1. The highest BCUT2D eigenvalue weighted by atomic mass is 32.1. The zero-order chi connectivity index (χ0) is 18.4. The average molecular weight is 358 g/mol. The molecule has 1 aliphatic rings. The maximum Gasteiger partial charge on any atom is 0.347 e. The number of nitrogens with zero attached hydrogens (tertiary/aromatic N) is 1. The summed E-state index contributed by atoms with van der Waals surface area (Å²) < 4.78 is 0. The largest absolute Gasteiger partial charge is 0.477 e. The first kappa shape index (κ1) is 17.6. The van der Waals surface area contributed by atoms with Crippen molar-refractivity contribution < 1.29 is 14.7 Å². The molecule has 0 bridgehead atoms. The van der Waals surface area contributed by atoms with Gasteiger partial charge in [-0.3, -0.25) is 4.79 Å². The van der Waals surface area contributed by atoms with E-state index in [9.17, 15) is 9.59 Å². The van der Waals surface area contributed by atoms with Crippen LogP contribution >= 0.6 is 11.3 Å². The van der Waals surface area contributed by atoms with Crippen LogP contribution in [0.15, 0.2) is 18.2 Å². The fourth-order valence-electron chi connectivity index (χ4n) is 3.22. The van der Waals surface area contributed by atoms with Crippen LogP contribution in [0.2, 0.25) is 0 Å². The molecular formula is C19H22N2O3S. The van der Waals surface area contributed by atoms with Gasteiger partial charge in [0.05, 0.1) is 17.2 Å². The number of aromatic carboxylic acids is 1. The molecule has 5 nitrogen and oxygen atoms in total. The molecule has 1 saturated carbocycles. The summed E-state index contributed by atoms with van der Waals surface area (Å²) in [6, 6.07) is 5.96. The molecule has 1 heterocycles. The zero-order valence-electron chi connectivity index (χ0n) is 14.8. The number of carboxylic acids is 1. The summed E-state index contributed by atoms with van der Waals surface area (Å²) in [6.07, 6.45) is 1.68. The van der Waals surface area contributed by atoms with Crippen LogP contribution in [0, 0.1) is 20.8 Å². The van der Waals surface area contributed by atoms with Gasteiger partial charge < -0.3 is 10.4 Å². The van der Waals surface area contributed by atoms with E-state index >= 15 is 0 Å². The van der Waals surface area contributed by atoms with Crippen molar-refractivity contribution in [1.82, 2.24) is 10.3 Å². The predicted octanol–water partition coefficient (Wildman–Crippen LogP) is 3.68. The molecule has 132 valence electrons. The summed E-state index contributed by atoms with van der Waals surface area (Å²) >= 11 is 1.12. The highest BCUT2D eigenvalue weighted by molar-refractivity contribution is 7.13. The van der Waals surface area contributed by atoms with Crippen LogP contribution < -0.4 is 5.32 Å². The van der Waals surface area contributed by atoms with Gasteiger partial charge in [0, 0.05) is 0 Å². The minimum absolute atomic E-state index is 0.00488. The Bertz CT molecular complexity index is 832. The Morgan fingerprint density at radius 3 is 2.28 bits per heavy atom. The molecule has 1 amide bonds. The number of amides is 1. The molecule has 0 aliphatic heterocycles. The lowest BCUT2D eigenvalue weighted by atomic mass is 9.92. The second kappa shape index (κ2) is 6.26. The number of thiazole rings is 1. The molecule has 1 unspecified atom stereocenters. The number of benzene rings is 1. The lowest BCUT2D eigenvalue weighted by molar-refractivity contribution is -0.124. The van der Waals surface area contributed by atoms with Crippen LogP contribution in [0.3, 0.4) is 0 Å². The molecule has 1 fully saturated rings. The van der Waals surface area contributed by atoms with Crippen LogP contribution in [0.25, 0.3) is 0 Å². The van der Waals surface area contributed by atoms with Crippen molar-refractivity contribution in [1.29, 1.82) is 0 Å². The number of aryl methyl sites for hydroxylation is 3. The van der Waals surface area contributed by atoms with Crippen LogP contribution in [0.1, 0.15) is 62.9 Å². The Balaban J connectivity index is 1.79. The molecule has 0 radical (unpaired) electrons. The SMILES string of the molecule is Cc1cc(C)cc(C2(C(=O)NC(C)c3nc(C)c(C(=O)O)s3)CC2)c1. The van der Waals surface area contributed by atoms with Crippen LogP contribution in [-0.4, -0.2) is 22.0 Å². The van der Waals surface area contributed by atoms with Gasteiger partial charge >= 0.3 is 5.97 Å². The monoisotopic (exact) mass is 358 g/mol. The Kier molecular flexibility index (Phi) is 4.41. The minimum Gasteiger partial charge on any atom is -0.477 e. The molecule has 1 aromatic carbocycles. The molecule has 3 rings (SSSR count). The van der Waals surface area contributed by atoms with Gasteiger partial charge in [-0.15, -0.1) is 11.3 Å². The lowest BCUT2D eigenvalue weighted by Gasteiger charge is -2.20. The van der Waals surface area contributed by atoms with E-state index in [1.807, 2.05) is 20.8 Å². The molecular weight excluding hydrogens is 336 g/mol. The fraction of sp³-hybridized carbons (Fsp3) is 0.421. The molecule has 1 aliphatic carbocycles. The molecule has 0 saturated heterocycles. The van der Waals surface area contributed by atoms with Gasteiger partial charge in [0.2, 0.25) is 5.91 Å². The summed E-state index contributed by atoms with van der Waals surface area (Å²) in [4.78, 5) is 28.6. The maximum absolute atomic E-state index is 12.9. The van der Waals surface area contributed by atoms with Gasteiger partial charge in [-0.1, -0.05) is 29.3 Å². The highest BCUT2D eigenvalue weighted by Gasteiger charge is 2.51. The number of hydrogen-bond acceptors (Lipinski definition) is 4. The van der Waals surface area contributed by atoms with Crippen LogP contribution in [-0.2, 0) is 10.2 Å². The van der Waals surface area contributed by atoms with E-state index in [4.69, 9.17) is 5.11 Å². The van der Waals surface area contributed by atoms with Crippen molar-refractivity contribution in [3.8, 4) is 0 Å². The smallest absolute Gasteiger partial charge is 0.347 e. The van der Waals surface area contributed by atoms with Crippen molar-refractivity contribution in [3.63, 3.8) is 0 Å². The van der Waals surface area contributed by atoms with E-state index in [-0.39, 0.29) is 16.8 Å². The summed E-state index contributed by atoms with van der Waals surface area (Å²) in [5.74, 6) is -0.983. The third kappa shape index (κ3) is 3.31. The van der Waals surface area contributed by atoms with Crippen molar-refractivity contribution in [2.24, 2.45) is 0 Å². The lowest BCUT2D eigenvalue weighted by Crippen LogP contribution is -2.36. The molecule has 25 heavy (non-hydrogen) atoms. The van der Waals surface area contributed by atoms with Gasteiger partial charge in [0.25, 0.3) is 0 Å². The zero-order valence-corrected chi connectivity index (χ0v) is 15.7. The van der Waals surface area contributed by atoms with Crippen molar-refractivity contribution >= 4 is 23.2 Å². The van der Waals surface area contributed by atoms with Crippen LogP contribution in [0.4, 0.5) is 0 Å². The van der Waals surface area contributed by atoms with Gasteiger partial charge in [-0.05, 0) is 46.1 Å². The third-order valence-electron chi connectivity index (χ3n) is 4.68. The normalized spacial score (nSPS) is 16.3. The van der Waals surface area contributed by atoms with Gasteiger partial charge in [0.15, 0.2) is 0 Å². The average Bonchev–Trinajstić information content (AvgIpc) is 3.23. The summed E-state index contributed by atoms with van der Waals surface area (Å²) in [6.45, 7) is 7.60. The van der Waals surface area contributed by atoms with Gasteiger partial charge in [-0.25, -0.2) is 9.78 Å². The van der Waals surface area contributed by atoms with E-state index in [2.05, 4.69) is 28.5 Å². The topological polar surface area (TPSA) is 79.3 Å². The maximum atomic E-state index is 12.9. The van der Waals surface area contributed by atoms with Crippen molar-refractivity contribution in [3.05, 3.63) is 50.5 Å². The molecule has 2 aromatic rings. The quantitative estimate of drug-likeness (QED) is 0.854. The van der Waals surface area contributed by atoms with E-state index in [1.165, 1.54) is 0 Å². The first-order valence-electron chi connectivity index (χ1n) is 8.33. The summed E-state index contributed by atoms with van der Waals surface area (Å²) in [7, 11) is 0. The van der Waals surface area contributed by atoms with E-state index < -0.39 is 11.4 Å². The Labute approximate surface area is 151 Å². The molecule has 6 heteroatoms. The molecule has 2 N–H and O–H groups in total. The second-order valence-corrected chi connectivity index (χ2v) is 7.96. The van der Waals surface area contributed by atoms with Crippen LogP contribution in [0.5, 0.6) is 0 Å². The number of carbonyl (C=O) groups is 2. The van der Waals surface area contributed by atoms with E-state index in [1.54, 1.807) is 6.92 Å². The number of carboxylic acid groups (broad SMARTS) is 1. The number of rotatable bonds is 5. The number of nitrogens with one attached hydrogen (secondary N) is 1. The number of carbonyl (C=O) groups excluding carboxylic acids is 1. The third-order valence-corrected chi connectivity index (χ3v) is 6.01. The second-order valence-electron chi connectivity index (χ2n) is 6.93. The summed E-state index contributed by atoms with van der Waals surface area (Å²) in [5, 5.41) is 12.8. The first-order valence-corrected chi connectivity index (χ1v) is 9.15. The van der Waals surface area contributed by atoms with Gasteiger partial charge in [0.1, 0.15) is 9.88 Å². The Morgan fingerprint density at radius 1 is 1.20 bits per heavy atom. The molecule has 1 atom stereocenters. The number of hydrogen-bond donors (Lipinski definition) is 2. The van der Waals surface area contributed by atoms with E-state index in [0.717, 1.165) is 40.9 Å². The predicted molar refractivity (Wildman–Crippen MR) is 97.2 cm³/mol. The Morgan fingerprint density at radius 2 is 1.80 bits per heavy atom. The van der Waals surface area contributed by atoms with Gasteiger partial charge in [-0.2, -0.15) is 0 Å². The highest BCUT2D eigenvalue weighted by Crippen LogP contribution is 2.49. The molecule has 0 spiro atoms. The standard InChI is InChI=1S/C19H22N2O3S/c1-10-7-11(2)9-14(8-10)19(5-6-19)18(24)21-13(4)16-20-12(3)15(25-16)17(22)23/h7-9,13H,5-6H2,1-4H3,(H,21,24)(H,22,23). The first-order chi connectivity index (χ1) is 11.7. The Hall–Kier alpha value is -2.21. The minimum atomic E-state index is -0.978. The molecule has 1 aromatic heterocycles. The van der Waals surface area contributed by atoms with E-state index in [0.29, 0.717) is 10.7 Å². The van der Waals surface area contributed by atoms with Crippen molar-refractivity contribution in [2.45, 2.75) is 52.0 Å². The summed E-state index contributed by atoms with van der Waals surface area (Å²) in [5.41, 5.74) is 3.42. The van der Waals surface area contributed by atoms with Crippen molar-refractivity contribution in [2.75, 3.05) is 0 Å².